The summed E-state index contributed by atoms with van der Waals surface area (Å²) in [4.78, 5) is 10.4. The number of rotatable bonds is 4. The van der Waals surface area contributed by atoms with Crippen LogP contribution in [-0.4, -0.2) is 11.1 Å². The van der Waals surface area contributed by atoms with E-state index in [4.69, 9.17) is 5.11 Å². The number of aliphatic carboxylic acids is 1. The second-order valence-electron chi connectivity index (χ2n) is 4.66. The highest BCUT2D eigenvalue weighted by atomic mass is 16.4. The number of allylic oxidation sites excluding steroid dienone is 3. The van der Waals surface area contributed by atoms with Crippen molar-refractivity contribution in [3.05, 3.63) is 59.7 Å². The molecule has 0 saturated carbocycles. The number of benzene rings is 1. The van der Waals surface area contributed by atoms with Gasteiger partial charge in [-0.3, -0.25) is 4.79 Å². The first-order valence-corrected chi connectivity index (χ1v) is 6.38. The highest BCUT2D eigenvalue weighted by Gasteiger charge is 2.14. The van der Waals surface area contributed by atoms with Crippen molar-refractivity contribution in [2.45, 2.75) is 31.6 Å². The molecule has 0 fully saturated rings. The van der Waals surface area contributed by atoms with E-state index in [0.717, 1.165) is 19.3 Å². The quantitative estimate of drug-likeness (QED) is 0.869. The largest absolute Gasteiger partial charge is 0.481 e. The summed E-state index contributed by atoms with van der Waals surface area (Å²) in [6.07, 6.45) is 9.27. The summed E-state index contributed by atoms with van der Waals surface area (Å²) in [5.41, 5.74) is 2.67. The van der Waals surface area contributed by atoms with Crippen molar-refractivity contribution in [1.29, 1.82) is 0 Å². The van der Waals surface area contributed by atoms with Gasteiger partial charge in [0.1, 0.15) is 0 Å². The van der Waals surface area contributed by atoms with Crippen molar-refractivity contribution in [2.75, 3.05) is 0 Å². The minimum Gasteiger partial charge on any atom is -0.481 e. The lowest BCUT2D eigenvalue weighted by atomic mass is 9.84. The number of carbonyl (C=O) groups is 1. The van der Waals surface area contributed by atoms with E-state index in [2.05, 4.69) is 30.3 Å². The molecular weight excluding hydrogens is 224 g/mol. The first-order valence-electron chi connectivity index (χ1n) is 6.38. The van der Waals surface area contributed by atoms with Gasteiger partial charge >= 0.3 is 5.97 Å². The van der Waals surface area contributed by atoms with Gasteiger partial charge in [0.2, 0.25) is 0 Å². The second kappa shape index (κ2) is 6.20. The Hall–Kier alpha value is -1.83. The molecule has 2 rings (SSSR count). The van der Waals surface area contributed by atoms with Crippen LogP contribution in [-0.2, 0) is 4.79 Å². The Balaban J connectivity index is 1.92. The van der Waals surface area contributed by atoms with Crippen LogP contribution in [0.3, 0.4) is 0 Å². The first-order chi connectivity index (χ1) is 8.75. The zero-order valence-corrected chi connectivity index (χ0v) is 10.4. The SMILES string of the molecule is O=C(O)C/C=C/C1=CCC(c2ccccc2)CC1. The van der Waals surface area contributed by atoms with Crippen LogP contribution in [0.1, 0.15) is 37.2 Å². The molecule has 0 radical (unpaired) electrons. The van der Waals surface area contributed by atoms with E-state index in [0.29, 0.717) is 5.92 Å². The van der Waals surface area contributed by atoms with Gasteiger partial charge in [0.05, 0.1) is 6.42 Å². The maximum atomic E-state index is 10.4. The molecule has 0 saturated heterocycles. The maximum absolute atomic E-state index is 10.4. The molecule has 0 heterocycles. The Morgan fingerprint density at radius 3 is 2.72 bits per heavy atom. The Morgan fingerprint density at radius 2 is 2.11 bits per heavy atom. The zero-order valence-electron chi connectivity index (χ0n) is 10.4. The molecule has 0 amide bonds. The molecule has 1 atom stereocenters. The molecule has 1 aromatic rings. The zero-order chi connectivity index (χ0) is 12.8. The van der Waals surface area contributed by atoms with E-state index < -0.39 is 5.97 Å². The van der Waals surface area contributed by atoms with Crippen LogP contribution in [0.2, 0.25) is 0 Å². The van der Waals surface area contributed by atoms with Gasteiger partial charge in [-0.15, -0.1) is 0 Å². The van der Waals surface area contributed by atoms with Gasteiger partial charge in [-0.2, -0.15) is 0 Å². The summed E-state index contributed by atoms with van der Waals surface area (Å²) in [6.45, 7) is 0. The van der Waals surface area contributed by atoms with Crippen LogP contribution in [0, 0.1) is 0 Å². The van der Waals surface area contributed by atoms with Crippen molar-refractivity contribution in [1.82, 2.24) is 0 Å². The fourth-order valence-electron chi connectivity index (χ4n) is 2.34. The molecule has 1 unspecified atom stereocenters. The molecule has 1 N–H and O–H groups in total. The third-order valence-electron chi connectivity index (χ3n) is 3.34. The molecule has 94 valence electrons. The molecule has 2 nitrogen and oxygen atoms in total. The third-order valence-corrected chi connectivity index (χ3v) is 3.34. The van der Waals surface area contributed by atoms with Gasteiger partial charge in [-0.1, -0.05) is 54.1 Å². The highest BCUT2D eigenvalue weighted by molar-refractivity contribution is 5.68. The first kappa shape index (κ1) is 12.6. The van der Waals surface area contributed by atoms with Crippen LogP contribution in [0.5, 0.6) is 0 Å². The van der Waals surface area contributed by atoms with Crippen LogP contribution >= 0.6 is 0 Å². The van der Waals surface area contributed by atoms with Crippen LogP contribution in [0.15, 0.2) is 54.1 Å². The van der Waals surface area contributed by atoms with E-state index in [1.165, 1.54) is 11.1 Å². The molecule has 18 heavy (non-hydrogen) atoms. The van der Waals surface area contributed by atoms with Crippen molar-refractivity contribution >= 4 is 5.97 Å². The molecule has 1 aliphatic carbocycles. The number of hydrogen-bond acceptors (Lipinski definition) is 1. The molecule has 0 aliphatic heterocycles. The predicted molar refractivity (Wildman–Crippen MR) is 72.5 cm³/mol. The summed E-state index contributed by atoms with van der Waals surface area (Å²) in [5, 5.41) is 8.56. The third kappa shape index (κ3) is 3.59. The standard InChI is InChI=1S/C16H18O2/c17-16(18)8-4-5-13-9-11-15(12-10-13)14-6-2-1-3-7-14/h1-7,9,15H,8,10-12H2,(H,17,18)/b5-4+. The van der Waals surface area contributed by atoms with E-state index in [9.17, 15) is 4.79 Å². The predicted octanol–water partition coefficient (Wildman–Crippen LogP) is 3.91. The lowest BCUT2D eigenvalue weighted by Gasteiger charge is -2.20. The Labute approximate surface area is 108 Å². The Bertz CT molecular complexity index is 457. The molecule has 0 aromatic heterocycles. The normalized spacial score (nSPS) is 19.8. The molecular formula is C16H18O2. The summed E-state index contributed by atoms with van der Waals surface area (Å²) in [7, 11) is 0. The van der Waals surface area contributed by atoms with Crippen molar-refractivity contribution in [2.24, 2.45) is 0 Å². The fourth-order valence-corrected chi connectivity index (χ4v) is 2.34. The Morgan fingerprint density at radius 1 is 1.33 bits per heavy atom. The summed E-state index contributed by atoms with van der Waals surface area (Å²) in [5.74, 6) is -0.160. The fraction of sp³-hybridized carbons (Fsp3) is 0.312. The van der Waals surface area contributed by atoms with Gasteiger partial charge in [0.25, 0.3) is 0 Å². The van der Waals surface area contributed by atoms with Gasteiger partial charge in [0, 0.05) is 0 Å². The average molecular weight is 242 g/mol. The molecule has 1 aromatic carbocycles. The van der Waals surface area contributed by atoms with Crippen LogP contribution < -0.4 is 0 Å². The van der Waals surface area contributed by atoms with Crippen molar-refractivity contribution in [3.63, 3.8) is 0 Å². The maximum Gasteiger partial charge on any atom is 0.307 e. The average Bonchev–Trinajstić information content (AvgIpc) is 2.40. The van der Waals surface area contributed by atoms with Crippen LogP contribution in [0.4, 0.5) is 0 Å². The van der Waals surface area contributed by atoms with Gasteiger partial charge < -0.3 is 5.11 Å². The van der Waals surface area contributed by atoms with Gasteiger partial charge in [0.15, 0.2) is 0 Å². The number of carboxylic acids is 1. The minimum atomic E-state index is -0.773. The monoisotopic (exact) mass is 242 g/mol. The Kier molecular flexibility index (Phi) is 4.35. The highest BCUT2D eigenvalue weighted by Crippen LogP contribution is 2.32. The summed E-state index contributed by atoms with van der Waals surface area (Å²) >= 11 is 0. The molecule has 1 aliphatic rings. The smallest absolute Gasteiger partial charge is 0.307 e. The summed E-state index contributed by atoms with van der Waals surface area (Å²) in [6, 6.07) is 10.6. The van der Waals surface area contributed by atoms with Gasteiger partial charge in [-0.25, -0.2) is 0 Å². The van der Waals surface area contributed by atoms with E-state index in [1.807, 2.05) is 12.1 Å². The molecule has 0 spiro atoms. The number of hydrogen-bond donors (Lipinski definition) is 1. The second-order valence-corrected chi connectivity index (χ2v) is 4.66. The lowest BCUT2D eigenvalue weighted by Crippen LogP contribution is -2.03. The minimum absolute atomic E-state index is 0.111. The van der Waals surface area contributed by atoms with E-state index >= 15 is 0 Å². The summed E-state index contributed by atoms with van der Waals surface area (Å²) < 4.78 is 0. The molecule has 2 heteroatoms. The topological polar surface area (TPSA) is 37.3 Å². The van der Waals surface area contributed by atoms with Gasteiger partial charge in [-0.05, 0) is 30.7 Å². The lowest BCUT2D eigenvalue weighted by molar-refractivity contribution is -0.136. The van der Waals surface area contributed by atoms with E-state index in [-0.39, 0.29) is 6.42 Å². The number of carboxylic acid groups (broad SMARTS) is 1. The van der Waals surface area contributed by atoms with Crippen molar-refractivity contribution < 1.29 is 9.90 Å². The van der Waals surface area contributed by atoms with Crippen LogP contribution in [0.25, 0.3) is 0 Å². The molecule has 0 bridgehead atoms. The van der Waals surface area contributed by atoms with E-state index in [1.54, 1.807) is 6.08 Å². The van der Waals surface area contributed by atoms with Crippen molar-refractivity contribution in [3.8, 4) is 0 Å².